The predicted molar refractivity (Wildman–Crippen MR) is 103 cm³/mol. The molecule has 0 aromatic rings. The number of hydrogen-bond acceptors (Lipinski definition) is 2. The summed E-state index contributed by atoms with van der Waals surface area (Å²) >= 11 is 0. The lowest BCUT2D eigenvalue weighted by Gasteiger charge is -2.32. The van der Waals surface area contributed by atoms with Gasteiger partial charge in [-0.3, -0.25) is 4.79 Å². The smallest absolute Gasteiger partial charge is 0.302 e. The summed E-state index contributed by atoms with van der Waals surface area (Å²) in [6, 6.07) is 0. The highest BCUT2D eigenvalue weighted by atomic mass is 16.5. The Kier molecular flexibility index (Phi) is 6.18. The molecule has 1 rings (SSSR count). The van der Waals surface area contributed by atoms with Crippen molar-refractivity contribution in [1.29, 1.82) is 0 Å². The summed E-state index contributed by atoms with van der Waals surface area (Å²) in [5, 5.41) is 0. The molecular weight excluding hydrogens is 296 g/mol. The largest absolute Gasteiger partial charge is 0.462 e. The number of esters is 1. The molecular formula is C22H32O2. The third kappa shape index (κ3) is 7.16. The van der Waals surface area contributed by atoms with E-state index in [4.69, 9.17) is 8.85 Å². The summed E-state index contributed by atoms with van der Waals surface area (Å²) in [6.07, 6.45) is 14.4. The van der Waals surface area contributed by atoms with Crippen molar-refractivity contribution in [2.75, 3.05) is 6.61 Å². The van der Waals surface area contributed by atoms with Crippen molar-refractivity contribution in [3.8, 4) is 0 Å². The van der Waals surface area contributed by atoms with E-state index < -0.39 is 12.8 Å². The van der Waals surface area contributed by atoms with Crippen LogP contribution >= 0.6 is 0 Å². The van der Waals surface area contributed by atoms with Gasteiger partial charge in [-0.05, 0) is 57.0 Å². The van der Waals surface area contributed by atoms with Gasteiger partial charge in [-0.25, -0.2) is 0 Å². The molecule has 0 spiro atoms. The lowest BCUT2D eigenvalue weighted by molar-refractivity contribution is -0.139. The lowest BCUT2D eigenvalue weighted by atomic mass is 9.72. The Bertz CT molecular complexity index is 687. The van der Waals surface area contributed by atoms with Crippen molar-refractivity contribution < 1.29 is 13.6 Å². The maximum atomic E-state index is 10.8. The molecule has 1 aliphatic carbocycles. The second-order valence-corrected chi connectivity index (χ2v) is 7.00. The summed E-state index contributed by atoms with van der Waals surface area (Å²) in [5.74, 6) is -0.434. The average molecular weight is 332 g/mol. The van der Waals surface area contributed by atoms with Crippen LogP contribution in [0.5, 0.6) is 0 Å². The topological polar surface area (TPSA) is 26.3 Å². The minimum Gasteiger partial charge on any atom is -0.462 e. The fraction of sp³-hybridized carbons (Fsp3) is 0.500. The second-order valence-electron chi connectivity index (χ2n) is 7.00. The van der Waals surface area contributed by atoms with Gasteiger partial charge < -0.3 is 4.74 Å². The molecule has 0 saturated carbocycles. The number of carbonyl (C=O) groups is 1. The van der Waals surface area contributed by atoms with Gasteiger partial charge in [0.05, 0.1) is 0 Å². The van der Waals surface area contributed by atoms with Crippen molar-refractivity contribution in [3.05, 3.63) is 58.7 Å². The Morgan fingerprint density at radius 1 is 1.29 bits per heavy atom. The van der Waals surface area contributed by atoms with Gasteiger partial charge in [0.1, 0.15) is 6.61 Å². The van der Waals surface area contributed by atoms with E-state index in [1.807, 2.05) is 13.0 Å². The molecule has 132 valence electrons. The molecule has 0 N–H and O–H groups in total. The van der Waals surface area contributed by atoms with Crippen LogP contribution in [0.3, 0.4) is 0 Å². The first-order chi connectivity index (χ1) is 12.4. The van der Waals surface area contributed by atoms with Crippen LogP contribution in [0.15, 0.2) is 58.7 Å². The Morgan fingerprint density at radius 2 is 2.04 bits per heavy atom. The van der Waals surface area contributed by atoms with Crippen LogP contribution in [0.1, 0.15) is 64.8 Å². The van der Waals surface area contributed by atoms with Crippen LogP contribution in [0.2, 0.25) is 0 Å². The normalized spacial score (nSPS) is 21.8. The fourth-order valence-electron chi connectivity index (χ4n) is 2.90. The molecule has 0 aromatic heterocycles. The molecule has 24 heavy (non-hydrogen) atoms. The first kappa shape index (κ1) is 15.7. The summed E-state index contributed by atoms with van der Waals surface area (Å²) in [7, 11) is 0. The van der Waals surface area contributed by atoms with Gasteiger partial charge in [-0.2, -0.15) is 0 Å². The van der Waals surface area contributed by atoms with E-state index in [9.17, 15) is 4.79 Å². The highest BCUT2D eigenvalue weighted by Gasteiger charge is 2.26. The van der Waals surface area contributed by atoms with Gasteiger partial charge in [0.15, 0.2) is 0 Å². The van der Waals surface area contributed by atoms with Crippen LogP contribution < -0.4 is 0 Å². The molecule has 2 nitrogen and oxygen atoms in total. The van der Waals surface area contributed by atoms with Crippen LogP contribution in [0.25, 0.3) is 0 Å². The summed E-state index contributed by atoms with van der Waals surface area (Å²) in [5.41, 5.74) is 4.24. The average Bonchev–Trinajstić information content (AvgIpc) is 2.51. The number of rotatable bonds is 6. The third-order valence-corrected chi connectivity index (χ3v) is 4.28. The van der Waals surface area contributed by atoms with Crippen molar-refractivity contribution in [2.45, 2.75) is 60.7 Å². The zero-order valence-electron chi connectivity index (χ0n) is 18.6. The highest BCUT2D eigenvalue weighted by molar-refractivity contribution is 5.66. The van der Waals surface area contributed by atoms with E-state index in [1.54, 1.807) is 12.2 Å². The van der Waals surface area contributed by atoms with Gasteiger partial charge in [-0.15, -0.1) is 0 Å². The van der Waals surface area contributed by atoms with E-state index in [0.717, 1.165) is 12.0 Å². The minimum atomic E-state index is -2.25. The van der Waals surface area contributed by atoms with Crippen molar-refractivity contribution in [1.82, 2.24) is 0 Å². The molecule has 2 heteroatoms. The predicted octanol–water partition coefficient (Wildman–Crippen LogP) is 6.08. The number of allylic oxidation sites excluding steroid dienone is 9. The molecule has 0 saturated heterocycles. The van der Waals surface area contributed by atoms with Crippen molar-refractivity contribution in [2.24, 2.45) is 5.41 Å². The standard InChI is InChI=1S/C22H32O2/c1-17(9-7-10-18(2)14-16-24-20(4)23)12-13-21-19(3)11-8-15-22(21,5)6/h7,9-10,12-14H,8,11,15-16H2,1-6H3/i2D3. The minimum absolute atomic E-state index is 0.0431. The van der Waals surface area contributed by atoms with Crippen molar-refractivity contribution in [3.63, 3.8) is 0 Å². The van der Waals surface area contributed by atoms with E-state index in [2.05, 4.69) is 32.9 Å². The molecule has 0 amide bonds. The molecule has 1 aliphatic rings. The third-order valence-electron chi connectivity index (χ3n) is 4.28. The van der Waals surface area contributed by atoms with Gasteiger partial charge >= 0.3 is 5.97 Å². The van der Waals surface area contributed by atoms with Crippen LogP contribution in [-0.4, -0.2) is 12.6 Å². The fourth-order valence-corrected chi connectivity index (χ4v) is 2.90. The summed E-state index contributed by atoms with van der Waals surface area (Å²) in [4.78, 5) is 10.8. The zero-order valence-corrected chi connectivity index (χ0v) is 15.6. The highest BCUT2D eigenvalue weighted by Crippen LogP contribution is 2.40. The summed E-state index contributed by atoms with van der Waals surface area (Å²) < 4.78 is 27.5. The van der Waals surface area contributed by atoms with Crippen LogP contribution in [0, 0.1) is 5.41 Å². The molecule has 0 aliphatic heterocycles. The lowest BCUT2D eigenvalue weighted by Crippen LogP contribution is -2.19. The molecule has 0 atom stereocenters. The van der Waals surface area contributed by atoms with E-state index in [-0.39, 0.29) is 17.6 Å². The zero-order chi connectivity index (χ0) is 20.7. The Morgan fingerprint density at radius 3 is 2.67 bits per heavy atom. The SMILES string of the molecule is [2H]C([2H])([2H])C(C=CC=C(C)C=CC1=C(C)CCCC1(C)C)=CCOC(C)=O. The van der Waals surface area contributed by atoms with Gasteiger partial charge in [0.2, 0.25) is 0 Å². The van der Waals surface area contributed by atoms with E-state index >= 15 is 0 Å². The van der Waals surface area contributed by atoms with E-state index in [1.165, 1.54) is 37.0 Å². The Labute approximate surface area is 151 Å². The molecule has 0 radical (unpaired) electrons. The van der Waals surface area contributed by atoms with Gasteiger partial charge in [0.25, 0.3) is 0 Å². The van der Waals surface area contributed by atoms with Crippen LogP contribution in [-0.2, 0) is 9.53 Å². The van der Waals surface area contributed by atoms with Crippen molar-refractivity contribution >= 4 is 5.97 Å². The van der Waals surface area contributed by atoms with Crippen LogP contribution in [0.4, 0.5) is 0 Å². The summed E-state index contributed by atoms with van der Waals surface area (Å²) in [6.45, 7) is 7.76. The quantitative estimate of drug-likeness (QED) is 0.435. The molecule has 0 heterocycles. The Balaban J connectivity index is 2.87. The maximum Gasteiger partial charge on any atom is 0.302 e. The first-order valence-corrected chi connectivity index (χ1v) is 8.51. The number of hydrogen-bond donors (Lipinski definition) is 0. The molecule has 0 aromatic carbocycles. The monoisotopic (exact) mass is 331 g/mol. The van der Waals surface area contributed by atoms with Gasteiger partial charge in [0, 0.05) is 11.0 Å². The second kappa shape index (κ2) is 9.46. The molecule has 0 fully saturated rings. The maximum absolute atomic E-state index is 10.8. The van der Waals surface area contributed by atoms with Gasteiger partial charge in [-0.1, -0.05) is 60.9 Å². The number of carbonyl (C=O) groups excluding carboxylic acids is 1. The molecule has 0 unspecified atom stereocenters. The Hall–Kier alpha value is -1.83. The van der Waals surface area contributed by atoms with E-state index in [0.29, 0.717) is 0 Å². The number of ether oxygens (including phenoxy) is 1. The first-order valence-electron chi connectivity index (χ1n) is 10.0. The molecule has 0 bridgehead atoms.